The first-order valence-corrected chi connectivity index (χ1v) is 5.42. The van der Waals surface area contributed by atoms with Crippen molar-refractivity contribution in [2.24, 2.45) is 0 Å². The molecule has 0 atom stereocenters. The fourth-order valence-electron chi connectivity index (χ4n) is 0. The summed E-state index contributed by atoms with van der Waals surface area (Å²) in [5.74, 6) is 0. The Morgan fingerprint density at radius 3 is 1.38 bits per heavy atom. The quantitative estimate of drug-likeness (QED) is 0.411. The number of halogens is 2. The Morgan fingerprint density at radius 2 is 1.38 bits per heavy atom. The Morgan fingerprint density at radius 1 is 1.38 bits per heavy atom. The van der Waals surface area contributed by atoms with E-state index >= 15 is 0 Å². The molecular formula is CCl2Mg2O3. The van der Waals surface area contributed by atoms with Crippen molar-refractivity contribution in [2.75, 3.05) is 0 Å². The van der Waals surface area contributed by atoms with Crippen molar-refractivity contribution in [1.82, 2.24) is 0 Å². The molecule has 0 bridgehead atoms. The first-order valence-electron chi connectivity index (χ1n) is 1.15. The molecule has 0 rings (SSSR count). The van der Waals surface area contributed by atoms with Crippen LogP contribution in [0.1, 0.15) is 0 Å². The molecule has 0 saturated heterocycles. The third-order valence-corrected chi connectivity index (χ3v) is 0. The van der Waals surface area contributed by atoms with Gasteiger partial charge in [-0.25, -0.2) is 0 Å². The first-order chi connectivity index (χ1) is 3.15. The molecule has 0 aliphatic carbocycles. The van der Waals surface area contributed by atoms with Crippen LogP contribution in [-0.4, -0.2) is 47.4 Å². The van der Waals surface area contributed by atoms with E-state index in [0.29, 0.717) is 0 Å². The van der Waals surface area contributed by atoms with E-state index in [1.165, 1.54) is 0 Å². The van der Waals surface area contributed by atoms with E-state index in [1.54, 1.807) is 0 Å². The van der Waals surface area contributed by atoms with E-state index in [1.807, 2.05) is 0 Å². The van der Waals surface area contributed by atoms with Gasteiger partial charge < -0.3 is 33.2 Å². The van der Waals surface area contributed by atoms with Crippen molar-refractivity contribution in [3.05, 3.63) is 0 Å². The maximum absolute atomic E-state index is 8.33. The van der Waals surface area contributed by atoms with Gasteiger partial charge in [-0.05, 0) is 6.16 Å². The average Bonchev–Trinajstić information content (AvgIpc) is 1.33. The fourth-order valence-corrected chi connectivity index (χ4v) is 0. The van der Waals surface area contributed by atoms with Crippen LogP contribution in [0, 0.1) is 0 Å². The molecule has 0 aromatic heterocycles. The molecule has 0 heterocycles. The van der Waals surface area contributed by atoms with Gasteiger partial charge in [-0.1, -0.05) is 0 Å². The van der Waals surface area contributed by atoms with Crippen molar-refractivity contribution in [3.63, 3.8) is 0 Å². The van der Waals surface area contributed by atoms with Crippen LogP contribution >= 0.6 is 18.1 Å². The Kier molecular flexibility index (Phi) is 31.9. The van der Waals surface area contributed by atoms with E-state index in [0.717, 1.165) is 0 Å². The van der Waals surface area contributed by atoms with Crippen LogP contribution in [-0.2, 0) is 0 Å². The molecule has 0 aliphatic heterocycles. The number of hydrogen-bond donors (Lipinski definition) is 0. The molecule has 0 unspecified atom stereocenters. The Bertz CT molecular complexity index is 46.5. The number of hydrogen-bond acceptors (Lipinski definition) is 3. The fraction of sp³-hybridized carbons (Fsp3) is 0. The standard InChI is InChI=1S/CH2O3.2ClH.2Mg/c2-1(3)4;;;;/h(H2,2,3,4);2*1H;;/q;;;2*+2/p-4. The van der Waals surface area contributed by atoms with Gasteiger partial charge in [-0.2, -0.15) is 0 Å². The molecule has 3 nitrogen and oxygen atoms in total. The largest absolute Gasteiger partial charge is 2.00 e. The summed E-state index contributed by atoms with van der Waals surface area (Å²) in [6.45, 7) is 0. The summed E-state index contributed by atoms with van der Waals surface area (Å²) < 4.78 is 0. The zero-order chi connectivity index (χ0) is 6.28. The number of carbonyl (C=O) groups is 1. The second-order valence-electron chi connectivity index (χ2n) is 0.351. The van der Waals surface area contributed by atoms with Crippen LogP contribution in [0.15, 0.2) is 0 Å². The molecule has 0 saturated carbocycles. The predicted molar refractivity (Wildman–Crippen MR) is 28.6 cm³/mol. The molecule has 8 heavy (non-hydrogen) atoms. The van der Waals surface area contributed by atoms with Crippen molar-refractivity contribution in [2.45, 2.75) is 0 Å². The zero-order valence-corrected chi connectivity index (χ0v) is 8.24. The molecule has 40 valence electrons. The third-order valence-electron chi connectivity index (χ3n) is 0. The monoisotopic (exact) mass is 178 g/mol. The van der Waals surface area contributed by atoms with E-state index in [9.17, 15) is 0 Å². The molecule has 0 aliphatic rings. The van der Waals surface area contributed by atoms with Crippen LogP contribution in [0.4, 0.5) is 4.79 Å². The Hall–Kier alpha value is 1.38. The van der Waals surface area contributed by atoms with Gasteiger partial charge in [0.1, 0.15) is 0 Å². The smallest absolute Gasteiger partial charge is 0.652 e. The van der Waals surface area contributed by atoms with Gasteiger partial charge in [-0.3, -0.25) is 0 Å². The van der Waals surface area contributed by atoms with E-state index in [4.69, 9.17) is 33.2 Å². The van der Waals surface area contributed by atoms with Crippen molar-refractivity contribution >= 4 is 65.5 Å². The normalized spacial score (nSPS) is 4.25. The van der Waals surface area contributed by atoms with Crippen molar-refractivity contribution in [3.8, 4) is 0 Å². The minimum absolute atomic E-state index is 0. The second-order valence-corrected chi connectivity index (χ2v) is 2.98. The van der Waals surface area contributed by atoms with E-state index in [2.05, 4.69) is 0 Å². The van der Waals surface area contributed by atoms with Gasteiger partial charge in [0.15, 0.2) is 0 Å². The summed E-state index contributed by atoms with van der Waals surface area (Å²) in [7, 11) is 9.81. The summed E-state index contributed by atoms with van der Waals surface area (Å²) >= 11 is -0.639. The maximum atomic E-state index is 8.33. The van der Waals surface area contributed by atoms with Gasteiger partial charge in [-0.15, -0.1) is 0 Å². The topological polar surface area (TPSA) is 63.2 Å². The number of rotatable bonds is 0. The predicted octanol–water partition coefficient (Wildman–Crippen LogP) is -1.83. The van der Waals surface area contributed by atoms with E-state index < -0.39 is 24.3 Å². The molecule has 0 fully saturated rings. The SMILES string of the molecule is O=C([O-])[O-].[Cl][Mg][Cl].[Mg+2]. The van der Waals surface area contributed by atoms with Gasteiger partial charge in [0.25, 0.3) is 0 Å². The van der Waals surface area contributed by atoms with Crippen LogP contribution < -0.4 is 10.2 Å². The minimum atomic E-state index is -2.33. The molecule has 0 spiro atoms. The molecule has 0 amide bonds. The van der Waals surface area contributed by atoms with Gasteiger partial charge in [0, 0.05) is 0 Å². The molecule has 0 aromatic rings. The molecular weight excluding hydrogens is 180 g/mol. The Labute approximate surface area is 79.8 Å². The van der Waals surface area contributed by atoms with Crippen LogP contribution in [0.5, 0.6) is 0 Å². The van der Waals surface area contributed by atoms with E-state index in [-0.39, 0.29) is 23.1 Å². The summed E-state index contributed by atoms with van der Waals surface area (Å²) in [5.41, 5.74) is 0. The number of carboxylic acid groups (broad SMARTS) is 2. The summed E-state index contributed by atoms with van der Waals surface area (Å²) in [4.78, 5) is 8.33. The summed E-state index contributed by atoms with van der Waals surface area (Å²) in [6.07, 6.45) is -2.33. The van der Waals surface area contributed by atoms with Crippen molar-refractivity contribution < 1.29 is 15.0 Å². The second kappa shape index (κ2) is 15.8. The van der Waals surface area contributed by atoms with Crippen LogP contribution in [0.3, 0.4) is 0 Å². The van der Waals surface area contributed by atoms with Gasteiger partial charge in [0.05, 0.1) is 0 Å². The third kappa shape index (κ3) is 157. The van der Waals surface area contributed by atoms with Crippen LogP contribution in [0.2, 0.25) is 0 Å². The van der Waals surface area contributed by atoms with Gasteiger partial charge >= 0.3 is 41.2 Å². The van der Waals surface area contributed by atoms with Crippen molar-refractivity contribution in [1.29, 1.82) is 0 Å². The minimum Gasteiger partial charge on any atom is -0.652 e. The number of carbonyl (C=O) groups excluding carboxylic acids is 1. The summed E-state index contributed by atoms with van der Waals surface area (Å²) in [5, 5.41) is 16.7. The zero-order valence-electron chi connectivity index (χ0n) is 3.89. The average molecular weight is 180 g/mol. The molecule has 0 radical (unpaired) electrons. The molecule has 0 aromatic carbocycles. The maximum Gasteiger partial charge on any atom is 2.00 e. The van der Waals surface area contributed by atoms with Gasteiger partial charge in [0.2, 0.25) is 0 Å². The Balaban J connectivity index is -0.0000000575. The summed E-state index contributed by atoms with van der Waals surface area (Å²) in [6, 6.07) is 0. The molecule has 7 heteroatoms. The van der Waals surface area contributed by atoms with Crippen LogP contribution in [0.25, 0.3) is 0 Å². The first kappa shape index (κ1) is 16.2. The molecule has 0 N–H and O–H groups in total.